The Hall–Kier alpha value is -0.320. The number of likely N-dealkylation sites (tertiary alicyclic amines) is 1. The Morgan fingerprint density at radius 2 is 1.59 bits per heavy atom. The van der Waals surface area contributed by atoms with Gasteiger partial charge in [-0.3, -0.25) is 4.90 Å². The minimum atomic E-state index is -2.69. The predicted octanol–water partition coefficient (Wildman–Crippen LogP) is 3.54. The van der Waals surface area contributed by atoms with Crippen LogP contribution in [-0.4, -0.2) is 35.9 Å². The highest BCUT2D eigenvalue weighted by Gasteiger charge is 2.52. The first-order chi connectivity index (χ1) is 7.63. The molecule has 0 aromatic rings. The molecule has 0 radical (unpaired) electrons. The molecule has 2 aliphatic rings. The minimum Gasteiger partial charge on any atom is -0.300 e. The van der Waals surface area contributed by atoms with Crippen molar-refractivity contribution in [2.45, 2.75) is 57.4 Å². The zero-order valence-electron chi connectivity index (χ0n) is 10.3. The summed E-state index contributed by atoms with van der Waals surface area (Å²) in [5.74, 6) is -5.22. The number of nitrogens with zero attached hydrogens (tertiary/aromatic N) is 1. The second-order valence-corrected chi connectivity index (χ2v) is 5.90. The van der Waals surface area contributed by atoms with Crippen LogP contribution in [0.15, 0.2) is 0 Å². The van der Waals surface area contributed by atoms with Gasteiger partial charge in [0.2, 0.25) is 0 Å². The summed E-state index contributed by atoms with van der Waals surface area (Å²) in [7, 11) is 0. The normalized spacial score (nSPS) is 30.0. The van der Waals surface area contributed by atoms with E-state index in [4.69, 9.17) is 0 Å². The molecule has 0 atom stereocenters. The van der Waals surface area contributed by atoms with Crippen LogP contribution in [0, 0.1) is 5.41 Å². The Kier molecular flexibility index (Phi) is 2.96. The van der Waals surface area contributed by atoms with Crippen molar-refractivity contribution in [2.24, 2.45) is 5.41 Å². The topological polar surface area (TPSA) is 3.24 Å². The summed E-state index contributed by atoms with van der Waals surface area (Å²) >= 11 is 0. The molecular weight excluding hydrogens is 234 g/mol. The fourth-order valence-corrected chi connectivity index (χ4v) is 2.71. The van der Waals surface area contributed by atoms with Crippen molar-refractivity contribution in [1.82, 2.24) is 4.90 Å². The molecule has 1 aliphatic heterocycles. The summed E-state index contributed by atoms with van der Waals surface area (Å²) in [6.45, 7) is 3.58. The van der Waals surface area contributed by atoms with Gasteiger partial charge < -0.3 is 0 Å². The molecule has 0 amide bonds. The average molecular weight is 253 g/mol. The van der Waals surface area contributed by atoms with E-state index in [1.54, 1.807) is 6.92 Å². The Bertz CT molecular complexity index is 281. The number of hydrogen-bond acceptors (Lipinski definition) is 1. The van der Waals surface area contributed by atoms with E-state index in [2.05, 4.69) is 0 Å². The van der Waals surface area contributed by atoms with E-state index in [1.807, 2.05) is 4.90 Å². The second kappa shape index (κ2) is 3.84. The second-order valence-electron chi connectivity index (χ2n) is 5.90. The van der Waals surface area contributed by atoms with E-state index in [-0.39, 0.29) is 18.9 Å². The van der Waals surface area contributed by atoms with Gasteiger partial charge in [0.1, 0.15) is 0 Å². The predicted molar refractivity (Wildman–Crippen MR) is 57.5 cm³/mol. The van der Waals surface area contributed by atoms with Crippen LogP contribution in [0.25, 0.3) is 0 Å². The molecule has 17 heavy (non-hydrogen) atoms. The molecule has 0 bridgehead atoms. The summed E-state index contributed by atoms with van der Waals surface area (Å²) in [4.78, 5) is 1.95. The molecule has 1 aliphatic carbocycles. The summed E-state index contributed by atoms with van der Waals surface area (Å²) in [5.41, 5.74) is -0.976. The van der Waals surface area contributed by atoms with Gasteiger partial charge in [0, 0.05) is 24.3 Å². The molecule has 1 saturated carbocycles. The van der Waals surface area contributed by atoms with Gasteiger partial charge in [0.15, 0.2) is 0 Å². The average Bonchev–Trinajstić information content (AvgIpc) is 2.13. The highest BCUT2D eigenvalue weighted by Crippen LogP contribution is 2.47. The van der Waals surface area contributed by atoms with Gasteiger partial charge in [-0.15, -0.1) is 0 Å². The van der Waals surface area contributed by atoms with Crippen molar-refractivity contribution in [3.8, 4) is 0 Å². The van der Waals surface area contributed by atoms with Crippen molar-refractivity contribution < 1.29 is 17.6 Å². The molecule has 0 N–H and O–H groups in total. The lowest BCUT2D eigenvalue weighted by Crippen LogP contribution is -2.56. The van der Waals surface area contributed by atoms with Gasteiger partial charge >= 0.3 is 0 Å². The summed E-state index contributed by atoms with van der Waals surface area (Å²) in [6.07, 6.45) is 0.565. The van der Waals surface area contributed by atoms with Gasteiger partial charge in [-0.1, -0.05) is 6.92 Å². The third kappa shape index (κ3) is 2.44. The monoisotopic (exact) mass is 253 g/mol. The SMILES string of the molecule is CC(F)(F)C1(C)CCN(C2CC(F)(F)C2)CC1. The molecule has 0 spiro atoms. The summed E-state index contributed by atoms with van der Waals surface area (Å²) in [6, 6.07) is -0.0972. The van der Waals surface area contributed by atoms with Crippen molar-refractivity contribution in [1.29, 1.82) is 0 Å². The largest absolute Gasteiger partial charge is 0.300 e. The lowest BCUT2D eigenvalue weighted by molar-refractivity contribution is -0.156. The lowest BCUT2D eigenvalue weighted by atomic mass is 9.74. The van der Waals surface area contributed by atoms with Crippen LogP contribution in [0.1, 0.15) is 39.5 Å². The third-order valence-corrected chi connectivity index (χ3v) is 4.55. The summed E-state index contributed by atoms with van der Waals surface area (Å²) in [5, 5.41) is 0. The van der Waals surface area contributed by atoms with Crippen LogP contribution >= 0.6 is 0 Å². The lowest BCUT2D eigenvalue weighted by Gasteiger charge is -2.49. The maximum absolute atomic E-state index is 13.4. The molecule has 0 aromatic heterocycles. The van der Waals surface area contributed by atoms with Crippen LogP contribution in [-0.2, 0) is 0 Å². The number of piperidine rings is 1. The van der Waals surface area contributed by atoms with Gasteiger partial charge in [-0.2, -0.15) is 0 Å². The van der Waals surface area contributed by atoms with E-state index in [1.165, 1.54) is 0 Å². The van der Waals surface area contributed by atoms with E-state index < -0.39 is 17.3 Å². The number of hydrogen-bond donors (Lipinski definition) is 0. The van der Waals surface area contributed by atoms with Gasteiger partial charge in [0.25, 0.3) is 11.8 Å². The smallest absolute Gasteiger partial charge is 0.251 e. The maximum Gasteiger partial charge on any atom is 0.251 e. The van der Waals surface area contributed by atoms with Crippen LogP contribution < -0.4 is 0 Å². The quantitative estimate of drug-likeness (QED) is 0.680. The van der Waals surface area contributed by atoms with Crippen molar-refractivity contribution in [3.63, 3.8) is 0 Å². The first-order valence-electron chi connectivity index (χ1n) is 6.13. The fourth-order valence-electron chi connectivity index (χ4n) is 2.71. The zero-order valence-corrected chi connectivity index (χ0v) is 10.3. The number of halogens is 4. The molecule has 1 saturated heterocycles. The van der Waals surface area contributed by atoms with Crippen LogP contribution in [0.4, 0.5) is 17.6 Å². The van der Waals surface area contributed by atoms with E-state index >= 15 is 0 Å². The molecule has 2 fully saturated rings. The van der Waals surface area contributed by atoms with Crippen LogP contribution in [0.5, 0.6) is 0 Å². The Morgan fingerprint density at radius 1 is 1.12 bits per heavy atom. The number of rotatable bonds is 2. The molecule has 5 heteroatoms. The molecule has 100 valence electrons. The van der Waals surface area contributed by atoms with E-state index in [0.29, 0.717) is 25.9 Å². The zero-order chi connectivity index (χ0) is 12.9. The molecule has 1 nitrogen and oxygen atoms in total. The molecule has 1 heterocycles. The first-order valence-corrected chi connectivity index (χ1v) is 6.13. The fraction of sp³-hybridized carbons (Fsp3) is 1.00. The summed E-state index contributed by atoms with van der Waals surface area (Å²) < 4.78 is 52.3. The van der Waals surface area contributed by atoms with E-state index in [9.17, 15) is 17.6 Å². The van der Waals surface area contributed by atoms with Gasteiger partial charge in [0.05, 0.1) is 0 Å². The minimum absolute atomic E-state index is 0.0972. The molecule has 0 aromatic carbocycles. The van der Waals surface area contributed by atoms with Crippen LogP contribution in [0.2, 0.25) is 0 Å². The molecular formula is C12H19F4N. The maximum atomic E-state index is 13.4. The first kappa shape index (κ1) is 13.1. The van der Waals surface area contributed by atoms with Gasteiger partial charge in [-0.25, -0.2) is 17.6 Å². The van der Waals surface area contributed by atoms with Crippen molar-refractivity contribution >= 4 is 0 Å². The third-order valence-electron chi connectivity index (χ3n) is 4.55. The van der Waals surface area contributed by atoms with Crippen LogP contribution in [0.3, 0.4) is 0 Å². The number of alkyl halides is 4. The molecule has 0 unspecified atom stereocenters. The van der Waals surface area contributed by atoms with Gasteiger partial charge in [-0.05, 0) is 32.9 Å². The Balaban J connectivity index is 1.87. The van der Waals surface area contributed by atoms with Crippen molar-refractivity contribution in [3.05, 3.63) is 0 Å². The standard InChI is InChI=1S/C12H19F4N/c1-10(11(2,13)14)3-5-17(6-4-10)9-7-12(15,16)8-9/h9H,3-8H2,1-2H3. The highest BCUT2D eigenvalue weighted by molar-refractivity contribution is 4.97. The Labute approximate surface area is 99.2 Å². The molecule has 2 rings (SSSR count). The van der Waals surface area contributed by atoms with E-state index in [0.717, 1.165) is 6.92 Å². The highest BCUT2D eigenvalue weighted by atomic mass is 19.3. The Morgan fingerprint density at radius 3 is 1.94 bits per heavy atom. The van der Waals surface area contributed by atoms with Crippen molar-refractivity contribution in [2.75, 3.05) is 13.1 Å².